The van der Waals surface area contributed by atoms with Crippen molar-refractivity contribution < 1.29 is 9.53 Å². The maximum Gasteiger partial charge on any atom is 0.256 e. The molecule has 2 aromatic carbocycles. The molecule has 1 aliphatic rings. The van der Waals surface area contributed by atoms with Gasteiger partial charge in [-0.3, -0.25) is 4.79 Å². The van der Waals surface area contributed by atoms with Crippen LogP contribution in [0.5, 0.6) is 0 Å². The topological polar surface area (TPSA) is 63.5 Å². The lowest BCUT2D eigenvalue weighted by Crippen LogP contribution is -2.51. The predicted octanol–water partition coefficient (Wildman–Crippen LogP) is 2.41. The molecule has 0 N–H and O–H groups in total. The van der Waals surface area contributed by atoms with Gasteiger partial charge in [0.1, 0.15) is 12.7 Å². The molecule has 2 atom stereocenters. The fourth-order valence-corrected chi connectivity index (χ4v) is 3.86. The molecule has 0 aliphatic carbocycles. The van der Waals surface area contributed by atoms with E-state index in [-0.39, 0.29) is 18.1 Å². The zero-order chi connectivity index (χ0) is 20.2. The summed E-state index contributed by atoms with van der Waals surface area (Å²) in [7, 11) is 4.04. The molecule has 1 fully saturated rings. The van der Waals surface area contributed by atoms with Gasteiger partial charge in [-0.25, -0.2) is 9.67 Å². The van der Waals surface area contributed by atoms with Crippen molar-refractivity contribution in [2.45, 2.75) is 12.1 Å². The molecule has 1 aromatic heterocycles. The Balaban J connectivity index is 1.73. The summed E-state index contributed by atoms with van der Waals surface area (Å²) in [5.41, 5.74) is 2.40. The van der Waals surface area contributed by atoms with Crippen LogP contribution in [0.3, 0.4) is 0 Å². The summed E-state index contributed by atoms with van der Waals surface area (Å²) in [5.74, 6) is -0.0305. The van der Waals surface area contributed by atoms with E-state index in [2.05, 4.69) is 27.1 Å². The molecule has 3 aromatic rings. The Hall–Kier alpha value is -3.03. The summed E-state index contributed by atoms with van der Waals surface area (Å²) in [6, 6.07) is 17.5. The third-order valence-electron chi connectivity index (χ3n) is 5.10. The summed E-state index contributed by atoms with van der Waals surface area (Å²) in [6.07, 6.45) is 2.97. The molecule has 0 saturated carbocycles. The fourth-order valence-electron chi connectivity index (χ4n) is 3.86. The molecule has 0 bridgehead atoms. The van der Waals surface area contributed by atoms with Gasteiger partial charge < -0.3 is 14.5 Å². The zero-order valence-corrected chi connectivity index (χ0v) is 16.7. The standard InChI is InChI=1S/C22H25N5O2/c1-25(2)14-20-21(17-8-4-3-5-9-17)26(12-13-29-20)22(28)18-10-6-7-11-19(18)27-16-23-15-24-27/h3-11,15-16,20-21H,12-14H2,1-2H3/t20-,21-/m0/s1. The minimum atomic E-state index is -0.163. The lowest BCUT2D eigenvalue weighted by Gasteiger charge is -2.42. The van der Waals surface area contributed by atoms with Crippen LogP contribution in [0.2, 0.25) is 0 Å². The van der Waals surface area contributed by atoms with Crippen molar-refractivity contribution in [3.05, 3.63) is 78.4 Å². The van der Waals surface area contributed by atoms with Crippen LogP contribution in [-0.4, -0.2) is 70.4 Å². The quantitative estimate of drug-likeness (QED) is 0.668. The lowest BCUT2D eigenvalue weighted by atomic mass is 9.96. The molecule has 29 heavy (non-hydrogen) atoms. The Labute approximate surface area is 170 Å². The van der Waals surface area contributed by atoms with Gasteiger partial charge in [-0.15, -0.1) is 0 Å². The summed E-state index contributed by atoms with van der Waals surface area (Å²) in [5, 5.41) is 4.21. The Kier molecular flexibility index (Phi) is 5.69. The summed E-state index contributed by atoms with van der Waals surface area (Å²) < 4.78 is 7.74. The highest BCUT2D eigenvalue weighted by atomic mass is 16.5. The monoisotopic (exact) mass is 391 g/mol. The molecule has 4 rings (SSSR count). The number of para-hydroxylation sites is 1. The molecule has 2 heterocycles. The normalized spacial score (nSPS) is 19.5. The Morgan fingerprint density at radius 1 is 1.14 bits per heavy atom. The lowest BCUT2D eigenvalue weighted by molar-refractivity contribution is -0.0684. The Morgan fingerprint density at radius 3 is 2.62 bits per heavy atom. The first kappa shape index (κ1) is 19.3. The number of amides is 1. The number of ether oxygens (including phenoxy) is 1. The van der Waals surface area contributed by atoms with Crippen LogP contribution in [0.25, 0.3) is 5.69 Å². The minimum Gasteiger partial charge on any atom is -0.373 e. The van der Waals surface area contributed by atoms with E-state index < -0.39 is 0 Å². The van der Waals surface area contributed by atoms with E-state index in [1.54, 1.807) is 11.0 Å². The fraction of sp³-hybridized carbons (Fsp3) is 0.318. The van der Waals surface area contributed by atoms with E-state index >= 15 is 0 Å². The average molecular weight is 391 g/mol. The molecule has 7 heteroatoms. The molecule has 0 unspecified atom stereocenters. The van der Waals surface area contributed by atoms with Gasteiger partial charge in [0.15, 0.2) is 0 Å². The summed E-state index contributed by atoms with van der Waals surface area (Å²) >= 11 is 0. The van der Waals surface area contributed by atoms with Crippen LogP contribution < -0.4 is 0 Å². The molecule has 150 valence electrons. The van der Waals surface area contributed by atoms with E-state index in [4.69, 9.17) is 4.74 Å². The number of benzene rings is 2. The number of carbonyl (C=O) groups is 1. The van der Waals surface area contributed by atoms with Crippen LogP contribution in [-0.2, 0) is 4.74 Å². The highest BCUT2D eigenvalue weighted by molar-refractivity contribution is 5.98. The Morgan fingerprint density at radius 2 is 1.90 bits per heavy atom. The number of hydrogen-bond acceptors (Lipinski definition) is 5. The van der Waals surface area contributed by atoms with E-state index in [9.17, 15) is 4.79 Å². The summed E-state index contributed by atoms with van der Waals surface area (Å²) in [6.45, 7) is 1.78. The molecule has 7 nitrogen and oxygen atoms in total. The van der Waals surface area contributed by atoms with Crippen LogP contribution in [0, 0.1) is 0 Å². The smallest absolute Gasteiger partial charge is 0.256 e. The van der Waals surface area contributed by atoms with Crippen LogP contribution in [0.1, 0.15) is 22.0 Å². The minimum absolute atomic E-state index is 0.0305. The number of hydrogen-bond donors (Lipinski definition) is 0. The average Bonchev–Trinajstić information content (AvgIpc) is 3.28. The molecular formula is C22H25N5O2. The van der Waals surface area contributed by atoms with E-state index in [0.717, 1.165) is 17.8 Å². The second kappa shape index (κ2) is 8.55. The largest absolute Gasteiger partial charge is 0.373 e. The number of likely N-dealkylation sites (N-methyl/N-ethyl adjacent to an activating group) is 1. The van der Waals surface area contributed by atoms with Crippen molar-refractivity contribution in [1.29, 1.82) is 0 Å². The number of carbonyl (C=O) groups excluding carboxylic acids is 1. The van der Waals surface area contributed by atoms with Gasteiger partial charge in [0.05, 0.1) is 30.0 Å². The van der Waals surface area contributed by atoms with Crippen molar-refractivity contribution in [1.82, 2.24) is 24.6 Å². The van der Waals surface area contributed by atoms with E-state index in [1.807, 2.05) is 61.5 Å². The molecule has 0 radical (unpaired) electrons. The molecule has 1 aliphatic heterocycles. The number of morpholine rings is 1. The van der Waals surface area contributed by atoms with Crippen molar-refractivity contribution in [2.75, 3.05) is 33.8 Å². The predicted molar refractivity (Wildman–Crippen MR) is 110 cm³/mol. The molecule has 0 spiro atoms. The first-order valence-electron chi connectivity index (χ1n) is 9.71. The Bertz CT molecular complexity index is 943. The van der Waals surface area contributed by atoms with E-state index in [1.165, 1.54) is 6.33 Å². The third kappa shape index (κ3) is 4.06. The van der Waals surface area contributed by atoms with Gasteiger partial charge in [-0.2, -0.15) is 5.10 Å². The van der Waals surface area contributed by atoms with Gasteiger partial charge in [-0.1, -0.05) is 42.5 Å². The third-order valence-corrected chi connectivity index (χ3v) is 5.10. The van der Waals surface area contributed by atoms with Crippen molar-refractivity contribution in [2.24, 2.45) is 0 Å². The SMILES string of the molecule is CN(C)C[C@@H]1OCCN(C(=O)c2ccccc2-n2cncn2)[C@H]1c1ccccc1. The number of nitrogens with zero attached hydrogens (tertiary/aromatic N) is 5. The highest BCUT2D eigenvalue weighted by Gasteiger charge is 2.37. The second-order valence-corrected chi connectivity index (χ2v) is 7.38. The number of aromatic nitrogens is 3. The van der Waals surface area contributed by atoms with Crippen molar-refractivity contribution >= 4 is 5.91 Å². The maximum atomic E-state index is 13.7. The van der Waals surface area contributed by atoms with Crippen molar-refractivity contribution in [3.63, 3.8) is 0 Å². The van der Waals surface area contributed by atoms with Crippen LogP contribution >= 0.6 is 0 Å². The second-order valence-electron chi connectivity index (χ2n) is 7.38. The summed E-state index contributed by atoms with van der Waals surface area (Å²) in [4.78, 5) is 21.8. The molecule has 1 amide bonds. The van der Waals surface area contributed by atoms with Gasteiger partial charge in [0.2, 0.25) is 0 Å². The first-order valence-corrected chi connectivity index (χ1v) is 9.71. The first-order chi connectivity index (χ1) is 14.1. The molecular weight excluding hydrogens is 366 g/mol. The number of rotatable bonds is 5. The van der Waals surface area contributed by atoms with Crippen molar-refractivity contribution in [3.8, 4) is 5.69 Å². The van der Waals surface area contributed by atoms with Gasteiger partial charge in [0, 0.05) is 13.1 Å². The highest BCUT2D eigenvalue weighted by Crippen LogP contribution is 2.32. The van der Waals surface area contributed by atoms with Gasteiger partial charge in [-0.05, 0) is 31.8 Å². The van der Waals surface area contributed by atoms with Gasteiger partial charge in [0.25, 0.3) is 5.91 Å². The zero-order valence-electron chi connectivity index (χ0n) is 16.7. The van der Waals surface area contributed by atoms with Gasteiger partial charge >= 0.3 is 0 Å². The maximum absolute atomic E-state index is 13.7. The van der Waals surface area contributed by atoms with Crippen LogP contribution in [0.4, 0.5) is 0 Å². The molecule has 1 saturated heterocycles. The van der Waals surface area contributed by atoms with Crippen LogP contribution in [0.15, 0.2) is 67.3 Å². The van der Waals surface area contributed by atoms with E-state index in [0.29, 0.717) is 18.7 Å².